The van der Waals surface area contributed by atoms with E-state index in [1.807, 2.05) is 11.5 Å². The summed E-state index contributed by atoms with van der Waals surface area (Å²) in [6.45, 7) is 2.63. The zero-order valence-electron chi connectivity index (χ0n) is 8.27. The average Bonchev–Trinajstić information content (AvgIpc) is 2.22. The molecule has 2 N–H and O–H groups in total. The molecule has 1 aromatic carbocycles. The Labute approximate surface area is 86.0 Å². The van der Waals surface area contributed by atoms with Crippen molar-refractivity contribution in [2.24, 2.45) is 0 Å². The average molecular weight is 205 g/mol. The van der Waals surface area contributed by atoms with Crippen LogP contribution in [0, 0.1) is 0 Å². The lowest BCUT2D eigenvalue weighted by molar-refractivity contribution is 0.404. The molecule has 0 bridgehead atoms. The fourth-order valence-electron chi connectivity index (χ4n) is 1.60. The van der Waals surface area contributed by atoms with E-state index >= 15 is 0 Å². The number of benzene rings is 1. The van der Waals surface area contributed by atoms with Gasteiger partial charge in [-0.3, -0.25) is 4.79 Å². The smallest absolute Gasteiger partial charge is 0.189 e. The predicted octanol–water partition coefficient (Wildman–Crippen LogP) is 1.43. The first kappa shape index (κ1) is 9.58. The van der Waals surface area contributed by atoms with E-state index in [4.69, 9.17) is 0 Å². The fourth-order valence-corrected chi connectivity index (χ4v) is 1.60. The van der Waals surface area contributed by atoms with Gasteiger partial charge in [-0.25, -0.2) is 0 Å². The van der Waals surface area contributed by atoms with Crippen LogP contribution in [0.1, 0.15) is 6.92 Å². The summed E-state index contributed by atoms with van der Waals surface area (Å²) in [7, 11) is 0. The number of nitrogens with zero attached hydrogens (tertiary/aromatic N) is 1. The SMILES string of the molecule is CCn1ccc(=O)c2cc(O)c(O)cc21. The van der Waals surface area contributed by atoms with Crippen molar-refractivity contribution in [3.8, 4) is 11.5 Å². The lowest BCUT2D eigenvalue weighted by Gasteiger charge is -2.08. The summed E-state index contributed by atoms with van der Waals surface area (Å²) in [5.41, 5.74) is 0.463. The Morgan fingerprint density at radius 2 is 1.93 bits per heavy atom. The molecule has 78 valence electrons. The second-order valence-corrected chi connectivity index (χ2v) is 3.32. The molecule has 4 heteroatoms. The minimum atomic E-state index is -0.270. The molecule has 0 unspecified atom stereocenters. The summed E-state index contributed by atoms with van der Waals surface area (Å²) in [4.78, 5) is 11.5. The van der Waals surface area contributed by atoms with Gasteiger partial charge in [-0.1, -0.05) is 0 Å². The molecule has 2 aromatic rings. The molecule has 4 nitrogen and oxygen atoms in total. The van der Waals surface area contributed by atoms with Crippen LogP contribution in [-0.4, -0.2) is 14.8 Å². The number of aromatic hydroxyl groups is 2. The number of phenolic OH excluding ortho intramolecular Hbond substituents is 2. The summed E-state index contributed by atoms with van der Waals surface area (Å²) in [5, 5.41) is 19.1. The van der Waals surface area contributed by atoms with Crippen LogP contribution in [0.25, 0.3) is 10.9 Å². The van der Waals surface area contributed by atoms with Gasteiger partial charge in [0.05, 0.1) is 5.52 Å². The Hall–Kier alpha value is -1.97. The highest BCUT2D eigenvalue weighted by atomic mass is 16.3. The number of hydrogen-bond acceptors (Lipinski definition) is 3. The van der Waals surface area contributed by atoms with Gasteiger partial charge in [-0.05, 0) is 13.0 Å². The van der Waals surface area contributed by atoms with Gasteiger partial charge >= 0.3 is 0 Å². The number of aryl methyl sites for hydroxylation is 1. The fraction of sp³-hybridized carbons (Fsp3) is 0.182. The number of fused-ring (bicyclic) bond motifs is 1. The number of hydrogen-bond donors (Lipinski definition) is 2. The highest BCUT2D eigenvalue weighted by Crippen LogP contribution is 2.28. The first-order valence-corrected chi connectivity index (χ1v) is 4.68. The van der Waals surface area contributed by atoms with Gasteiger partial charge < -0.3 is 14.8 Å². The van der Waals surface area contributed by atoms with Gasteiger partial charge in [0.1, 0.15) is 0 Å². The highest BCUT2D eigenvalue weighted by molar-refractivity contribution is 5.82. The van der Waals surface area contributed by atoms with Gasteiger partial charge in [0.15, 0.2) is 16.9 Å². The van der Waals surface area contributed by atoms with E-state index in [0.29, 0.717) is 17.4 Å². The van der Waals surface area contributed by atoms with Crippen molar-refractivity contribution in [3.05, 3.63) is 34.6 Å². The van der Waals surface area contributed by atoms with Gasteiger partial charge in [-0.2, -0.15) is 0 Å². The second kappa shape index (κ2) is 3.31. The van der Waals surface area contributed by atoms with Crippen molar-refractivity contribution in [1.29, 1.82) is 0 Å². The van der Waals surface area contributed by atoms with E-state index in [9.17, 15) is 15.0 Å². The Kier molecular flexibility index (Phi) is 2.11. The molecule has 0 atom stereocenters. The third kappa shape index (κ3) is 1.44. The van der Waals surface area contributed by atoms with Crippen LogP contribution < -0.4 is 5.43 Å². The Morgan fingerprint density at radius 3 is 2.60 bits per heavy atom. The zero-order valence-corrected chi connectivity index (χ0v) is 8.27. The van der Waals surface area contributed by atoms with E-state index in [0.717, 1.165) is 0 Å². The molecule has 2 rings (SSSR count). The normalized spacial score (nSPS) is 10.7. The second-order valence-electron chi connectivity index (χ2n) is 3.32. The Balaban J connectivity index is 2.95. The lowest BCUT2D eigenvalue weighted by atomic mass is 10.2. The Morgan fingerprint density at radius 1 is 1.27 bits per heavy atom. The van der Waals surface area contributed by atoms with Gasteiger partial charge in [-0.15, -0.1) is 0 Å². The quantitative estimate of drug-likeness (QED) is 0.692. The molecule has 0 aliphatic heterocycles. The van der Waals surface area contributed by atoms with Crippen LogP contribution in [0.2, 0.25) is 0 Å². The molecule has 1 heterocycles. The molecule has 0 amide bonds. The summed E-state index contributed by atoms with van der Waals surface area (Å²) in [6, 6.07) is 4.14. The zero-order chi connectivity index (χ0) is 11.0. The predicted molar refractivity (Wildman–Crippen MR) is 57.2 cm³/mol. The van der Waals surface area contributed by atoms with Crippen molar-refractivity contribution in [2.75, 3.05) is 0 Å². The molecule has 0 aliphatic rings. The monoisotopic (exact) mass is 205 g/mol. The molecule has 0 aliphatic carbocycles. The molecule has 0 saturated heterocycles. The number of aromatic nitrogens is 1. The molecule has 0 radical (unpaired) electrons. The molecule has 15 heavy (non-hydrogen) atoms. The van der Waals surface area contributed by atoms with Crippen molar-refractivity contribution in [3.63, 3.8) is 0 Å². The number of pyridine rings is 1. The first-order valence-electron chi connectivity index (χ1n) is 4.68. The van der Waals surface area contributed by atoms with E-state index in [1.165, 1.54) is 18.2 Å². The third-order valence-electron chi connectivity index (χ3n) is 2.41. The van der Waals surface area contributed by atoms with E-state index in [1.54, 1.807) is 6.20 Å². The molecule has 0 saturated carbocycles. The topological polar surface area (TPSA) is 62.5 Å². The van der Waals surface area contributed by atoms with Crippen LogP contribution >= 0.6 is 0 Å². The maximum atomic E-state index is 11.5. The molecular formula is C11H11NO3. The van der Waals surface area contributed by atoms with Crippen molar-refractivity contribution < 1.29 is 10.2 Å². The minimum Gasteiger partial charge on any atom is -0.504 e. The number of rotatable bonds is 1. The number of phenols is 2. The van der Waals surface area contributed by atoms with E-state index in [2.05, 4.69) is 0 Å². The van der Waals surface area contributed by atoms with E-state index < -0.39 is 0 Å². The van der Waals surface area contributed by atoms with E-state index in [-0.39, 0.29) is 16.9 Å². The van der Waals surface area contributed by atoms with Crippen LogP contribution in [0.15, 0.2) is 29.2 Å². The third-order valence-corrected chi connectivity index (χ3v) is 2.41. The van der Waals surface area contributed by atoms with Crippen molar-refractivity contribution >= 4 is 10.9 Å². The first-order chi connectivity index (χ1) is 7.13. The maximum absolute atomic E-state index is 11.5. The van der Waals surface area contributed by atoms with Crippen molar-refractivity contribution in [2.45, 2.75) is 13.5 Å². The summed E-state index contributed by atoms with van der Waals surface area (Å²) in [5.74, 6) is -0.483. The van der Waals surface area contributed by atoms with Crippen LogP contribution in [0.3, 0.4) is 0 Å². The molecular weight excluding hydrogens is 194 g/mol. The van der Waals surface area contributed by atoms with Gasteiger partial charge in [0.25, 0.3) is 0 Å². The lowest BCUT2D eigenvalue weighted by Crippen LogP contribution is -2.06. The molecule has 0 spiro atoms. The molecule has 0 fully saturated rings. The largest absolute Gasteiger partial charge is 0.504 e. The standard InChI is InChI=1S/C11H11NO3/c1-2-12-4-3-9(13)7-5-10(14)11(15)6-8(7)12/h3-6,14-15H,2H2,1H3. The van der Waals surface area contributed by atoms with Gasteiger partial charge in [0, 0.05) is 30.3 Å². The van der Waals surface area contributed by atoms with Crippen molar-refractivity contribution in [1.82, 2.24) is 4.57 Å². The summed E-state index contributed by atoms with van der Waals surface area (Å²) in [6.07, 6.45) is 1.67. The van der Waals surface area contributed by atoms with Crippen LogP contribution in [0.5, 0.6) is 11.5 Å². The van der Waals surface area contributed by atoms with Gasteiger partial charge in [0.2, 0.25) is 0 Å². The summed E-state index contributed by atoms with van der Waals surface area (Å²) < 4.78 is 1.83. The Bertz CT molecular complexity index is 572. The maximum Gasteiger partial charge on any atom is 0.189 e. The minimum absolute atomic E-state index is 0.162. The van der Waals surface area contributed by atoms with Crippen LogP contribution in [0.4, 0.5) is 0 Å². The highest BCUT2D eigenvalue weighted by Gasteiger charge is 2.06. The molecule has 1 aromatic heterocycles. The van der Waals surface area contributed by atoms with Crippen LogP contribution in [-0.2, 0) is 6.54 Å². The summed E-state index contributed by atoms with van der Waals surface area (Å²) >= 11 is 0.